The van der Waals surface area contributed by atoms with E-state index in [0.717, 1.165) is 18.8 Å². The fourth-order valence-electron chi connectivity index (χ4n) is 2.61. The Hall–Kier alpha value is -0.0800. The molecule has 1 N–H and O–H groups in total. The average Bonchev–Trinajstić information content (AvgIpc) is 2.27. The van der Waals surface area contributed by atoms with Crippen LogP contribution in [0.2, 0.25) is 0 Å². The van der Waals surface area contributed by atoms with Gasteiger partial charge in [0.15, 0.2) is 0 Å². The molecule has 0 aromatic rings. The number of aliphatic hydroxyl groups is 1. The third-order valence-corrected chi connectivity index (χ3v) is 3.44. The summed E-state index contributed by atoms with van der Waals surface area (Å²) in [4.78, 5) is 0. The van der Waals surface area contributed by atoms with Crippen molar-refractivity contribution in [1.82, 2.24) is 0 Å². The molecular formula is C10H18O2. The second-order valence-electron chi connectivity index (χ2n) is 4.73. The maximum absolute atomic E-state index is 9.95. The van der Waals surface area contributed by atoms with Gasteiger partial charge in [-0.2, -0.15) is 0 Å². The largest absolute Gasteiger partial charge is 0.387 e. The van der Waals surface area contributed by atoms with E-state index < -0.39 is 5.60 Å². The molecule has 0 amide bonds. The van der Waals surface area contributed by atoms with Gasteiger partial charge in [0.1, 0.15) is 0 Å². The molecule has 2 rings (SSSR count). The molecule has 1 saturated heterocycles. The van der Waals surface area contributed by atoms with Crippen LogP contribution in [0.15, 0.2) is 0 Å². The van der Waals surface area contributed by atoms with E-state index in [4.69, 9.17) is 4.74 Å². The van der Waals surface area contributed by atoms with Crippen molar-refractivity contribution in [3.8, 4) is 0 Å². The summed E-state index contributed by atoms with van der Waals surface area (Å²) in [6, 6.07) is 0. The van der Waals surface area contributed by atoms with E-state index in [1.165, 1.54) is 6.42 Å². The Morgan fingerprint density at radius 1 is 1.42 bits per heavy atom. The first kappa shape index (κ1) is 8.52. The normalized spacial score (nSPS) is 53.8. The fraction of sp³-hybridized carbons (Fsp3) is 1.00. The molecule has 2 aliphatic rings. The maximum atomic E-state index is 9.95. The number of hydrogen-bond acceptors (Lipinski definition) is 2. The van der Waals surface area contributed by atoms with Gasteiger partial charge >= 0.3 is 0 Å². The molecule has 1 saturated carbocycles. The summed E-state index contributed by atoms with van der Waals surface area (Å²) in [5, 5.41) is 9.95. The van der Waals surface area contributed by atoms with Crippen LogP contribution in [0.4, 0.5) is 0 Å². The molecule has 70 valence electrons. The van der Waals surface area contributed by atoms with Crippen LogP contribution >= 0.6 is 0 Å². The van der Waals surface area contributed by atoms with Crippen LogP contribution in [0, 0.1) is 11.8 Å². The average molecular weight is 170 g/mol. The lowest BCUT2D eigenvalue weighted by molar-refractivity contribution is 0.0127. The van der Waals surface area contributed by atoms with Crippen molar-refractivity contribution < 1.29 is 9.84 Å². The summed E-state index contributed by atoms with van der Waals surface area (Å²) in [6.45, 7) is 4.72. The molecule has 12 heavy (non-hydrogen) atoms. The second kappa shape index (κ2) is 2.71. The van der Waals surface area contributed by atoms with Gasteiger partial charge in [-0.1, -0.05) is 13.3 Å². The van der Waals surface area contributed by atoms with Gasteiger partial charge in [-0.3, -0.25) is 0 Å². The van der Waals surface area contributed by atoms with E-state index in [1.807, 2.05) is 6.92 Å². The molecule has 2 heteroatoms. The van der Waals surface area contributed by atoms with Crippen LogP contribution in [0.5, 0.6) is 0 Å². The van der Waals surface area contributed by atoms with E-state index >= 15 is 0 Å². The van der Waals surface area contributed by atoms with Crippen LogP contribution in [0.1, 0.15) is 33.1 Å². The number of hydrogen-bond donors (Lipinski definition) is 1. The molecule has 0 aromatic heterocycles. The summed E-state index contributed by atoms with van der Waals surface area (Å²) in [5.74, 6) is 1.17. The summed E-state index contributed by atoms with van der Waals surface area (Å²) in [7, 11) is 0. The van der Waals surface area contributed by atoms with Crippen molar-refractivity contribution in [3.63, 3.8) is 0 Å². The van der Waals surface area contributed by atoms with Gasteiger partial charge in [0.05, 0.1) is 18.3 Å². The quantitative estimate of drug-likeness (QED) is 0.598. The number of rotatable bonds is 0. The number of fused-ring (bicyclic) bond motifs is 1. The first-order valence-electron chi connectivity index (χ1n) is 4.93. The van der Waals surface area contributed by atoms with Crippen molar-refractivity contribution in [2.24, 2.45) is 11.8 Å². The van der Waals surface area contributed by atoms with Crippen molar-refractivity contribution in [3.05, 3.63) is 0 Å². The van der Waals surface area contributed by atoms with Crippen LogP contribution in [0.3, 0.4) is 0 Å². The monoisotopic (exact) mass is 170 g/mol. The molecule has 2 nitrogen and oxygen atoms in total. The lowest BCUT2D eigenvalue weighted by Crippen LogP contribution is -2.38. The molecule has 1 aliphatic carbocycles. The van der Waals surface area contributed by atoms with Crippen molar-refractivity contribution >= 4 is 0 Å². The zero-order valence-corrected chi connectivity index (χ0v) is 7.92. The van der Waals surface area contributed by atoms with Gasteiger partial charge < -0.3 is 9.84 Å². The van der Waals surface area contributed by atoms with Gasteiger partial charge in [0.2, 0.25) is 0 Å². The number of ether oxygens (including phenoxy) is 1. The summed E-state index contributed by atoms with van der Waals surface area (Å²) in [6.07, 6.45) is 3.86. The molecule has 2 unspecified atom stereocenters. The Kier molecular flexibility index (Phi) is 1.92. The van der Waals surface area contributed by atoms with Crippen LogP contribution < -0.4 is 0 Å². The van der Waals surface area contributed by atoms with E-state index in [9.17, 15) is 5.11 Å². The summed E-state index contributed by atoms with van der Waals surface area (Å²) >= 11 is 0. The topological polar surface area (TPSA) is 29.5 Å². The molecule has 0 bridgehead atoms. The summed E-state index contributed by atoms with van der Waals surface area (Å²) in [5.41, 5.74) is -0.551. The third-order valence-electron chi connectivity index (χ3n) is 3.44. The molecule has 4 atom stereocenters. The maximum Gasteiger partial charge on any atom is 0.0904 e. The molecular weight excluding hydrogens is 152 g/mol. The SMILES string of the molecule is CC1CC[C@H]2[C@H](C1)OCC2(C)O. The fourth-order valence-corrected chi connectivity index (χ4v) is 2.61. The minimum atomic E-state index is -0.551. The Morgan fingerprint density at radius 2 is 2.17 bits per heavy atom. The van der Waals surface area contributed by atoms with Gasteiger partial charge in [-0.15, -0.1) is 0 Å². The molecule has 1 aliphatic heterocycles. The van der Waals surface area contributed by atoms with Gasteiger partial charge in [0, 0.05) is 5.92 Å². The predicted octanol–water partition coefficient (Wildman–Crippen LogP) is 1.57. The van der Waals surface area contributed by atoms with E-state index in [1.54, 1.807) is 0 Å². The Bertz CT molecular complexity index is 177. The van der Waals surface area contributed by atoms with Crippen LogP contribution in [-0.2, 0) is 4.74 Å². The second-order valence-corrected chi connectivity index (χ2v) is 4.73. The lowest BCUT2D eigenvalue weighted by atomic mass is 9.75. The first-order valence-corrected chi connectivity index (χ1v) is 4.93. The Labute approximate surface area is 73.9 Å². The summed E-state index contributed by atoms with van der Waals surface area (Å²) < 4.78 is 5.59. The first-order chi connectivity index (χ1) is 5.59. The van der Waals surface area contributed by atoms with Crippen molar-refractivity contribution in [2.75, 3.05) is 6.61 Å². The Morgan fingerprint density at radius 3 is 2.92 bits per heavy atom. The molecule has 2 fully saturated rings. The van der Waals surface area contributed by atoms with Crippen molar-refractivity contribution in [2.45, 2.75) is 44.8 Å². The molecule has 0 spiro atoms. The standard InChI is InChI=1S/C10H18O2/c1-7-3-4-8-9(5-7)12-6-10(8,2)11/h7-9,11H,3-6H2,1-2H3/t7?,8-,9-,10?/m0/s1. The predicted molar refractivity (Wildman–Crippen MR) is 46.9 cm³/mol. The minimum absolute atomic E-state index is 0.337. The third kappa shape index (κ3) is 1.27. The van der Waals surface area contributed by atoms with Gasteiger partial charge in [-0.25, -0.2) is 0 Å². The van der Waals surface area contributed by atoms with Crippen LogP contribution in [0.25, 0.3) is 0 Å². The Balaban J connectivity index is 2.08. The molecule has 0 aromatic carbocycles. The van der Waals surface area contributed by atoms with Crippen molar-refractivity contribution in [1.29, 1.82) is 0 Å². The highest BCUT2D eigenvalue weighted by molar-refractivity contribution is 4.96. The van der Waals surface area contributed by atoms with Gasteiger partial charge in [0.25, 0.3) is 0 Å². The minimum Gasteiger partial charge on any atom is -0.387 e. The lowest BCUT2D eigenvalue weighted by Gasteiger charge is -2.33. The zero-order valence-electron chi connectivity index (χ0n) is 7.92. The van der Waals surface area contributed by atoms with E-state index in [2.05, 4.69) is 6.92 Å². The molecule has 1 heterocycles. The zero-order chi connectivity index (χ0) is 8.77. The van der Waals surface area contributed by atoms with Gasteiger partial charge in [-0.05, 0) is 25.7 Å². The van der Waals surface area contributed by atoms with Crippen LogP contribution in [-0.4, -0.2) is 23.4 Å². The van der Waals surface area contributed by atoms with E-state index in [-0.39, 0.29) is 0 Å². The highest BCUT2D eigenvalue weighted by Crippen LogP contribution is 2.42. The van der Waals surface area contributed by atoms with E-state index in [0.29, 0.717) is 18.6 Å². The smallest absolute Gasteiger partial charge is 0.0904 e. The molecule has 0 radical (unpaired) electrons. The highest BCUT2D eigenvalue weighted by Gasteiger charge is 2.46. The highest BCUT2D eigenvalue weighted by atomic mass is 16.5.